The third kappa shape index (κ3) is 2.50. The van der Waals surface area contributed by atoms with Gasteiger partial charge in [-0.15, -0.1) is 0 Å². The number of carboxylic acids is 1. The number of carbonyl (C=O) groups is 1. The van der Waals surface area contributed by atoms with Crippen LogP contribution in [0.2, 0.25) is 0 Å². The molecule has 0 atom stereocenters. The minimum Gasteiger partial charge on any atom is -0.478 e. The molecule has 0 saturated heterocycles. The fourth-order valence-electron chi connectivity index (χ4n) is 2.54. The van der Waals surface area contributed by atoms with Crippen molar-refractivity contribution in [2.45, 2.75) is 13.3 Å². The molecule has 3 rings (SSSR count). The molecule has 24 heavy (non-hydrogen) atoms. The SMILES string of the molecule is CCc1cc2c(=O)n(-c3ccc(C(=O)O)cc3)c(=O)[nH]c2cc1F. The summed E-state index contributed by atoms with van der Waals surface area (Å²) in [6.45, 7) is 1.76. The van der Waals surface area contributed by atoms with Crippen LogP contribution < -0.4 is 11.2 Å². The molecule has 0 radical (unpaired) electrons. The Kier molecular flexibility index (Phi) is 3.76. The maximum Gasteiger partial charge on any atom is 0.335 e. The molecule has 2 N–H and O–H groups in total. The smallest absolute Gasteiger partial charge is 0.335 e. The Morgan fingerprint density at radius 3 is 2.46 bits per heavy atom. The van der Waals surface area contributed by atoms with Crippen molar-refractivity contribution in [3.05, 3.63) is 74.2 Å². The van der Waals surface area contributed by atoms with E-state index in [0.29, 0.717) is 12.0 Å². The van der Waals surface area contributed by atoms with Gasteiger partial charge in [0, 0.05) is 0 Å². The van der Waals surface area contributed by atoms with Crippen LogP contribution in [0.1, 0.15) is 22.8 Å². The number of aromatic carboxylic acids is 1. The zero-order valence-electron chi connectivity index (χ0n) is 12.7. The molecule has 1 aromatic heterocycles. The molecule has 0 saturated carbocycles. The molecule has 0 bridgehead atoms. The van der Waals surface area contributed by atoms with Gasteiger partial charge in [-0.1, -0.05) is 6.92 Å². The van der Waals surface area contributed by atoms with E-state index in [1.54, 1.807) is 6.92 Å². The number of hydrogen-bond acceptors (Lipinski definition) is 3. The van der Waals surface area contributed by atoms with Gasteiger partial charge in [0.1, 0.15) is 5.82 Å². The normalized spacial score (nSPS) is 10.9. The summed E-state index contributed by atoms with van der Waals surface area (Å²) >= 11 is 0. The molecule has 122 valence electrons. The predicted octanol–water partition coefficient (Wildman–Crippen LogP) is 2.08. The molecule has 2 aromatic carbocycles. The van der Waals surface area contributed by atoms with Crippen molar-refractivity contribution < 1.29 is 14.3 Å². The number of H-pyrrole nitrogens is 1. The molecule has 0 unspecified atom stereocenters. The molecule has 0 amide bonds. The van der Waals surface area contributed by atoms with E-state index in [2.05, 4.69) is 4.98 Å². The molecule has 0 aliphatic rings. The number of halogens is 1. The van der Waals surface area contributed by atoms with E-state index >= 15 is 0 Å². The van der Waals surface area contributed by atoms with Crippen molar-refractivity contribution in [2.24, 2.45) is 0 Å². The Bertz CT molecular complexity index is 1060. The van der Waals surface area contributed by atoms with Crippen LogP contribution in [0.5, 0.6) is 0 Å². The van der Waals surface area contributed by atoms with Gasteiger partial charge >= 0.3 is 11.7 Å². The Labute approximate surface area is 134 Å². The second kappa shape index (κ2) is 5.77. The number of hydrogen-bond donors (Lipinski definition) is 2. The standard InChI is InChI=1S/C17H13FN2O4/c1-2-9-7-12-14(8-13(9)18)19-17(24)20(15(12)21)11-5-3-10(4-6-11)16(22)23/h3-8H,2H2,1H3,(H,19,24)(H,22,23). The summed E-state index contributed by atoms with van der Waals surface area (Å²) in [5, 5.41) is 9.10. The first-order valence-electron chi connectivity index (χ1n) is 7.23. The molecule has 0 spiro atoms. The summed E-state index contributed by atoms with van der Waals surface area (Å²) in [5.41, 5.74) is -0.543. The van der Waals surface area contributed by atoms with Gasteiger partial charge in [-0.2, -0.15) is 0 Å². The van der Waals surface area contributed by atoms with E-state index in [1.807, 2.05) is 0 Å². The van der Waals surface area contributed by atoms with Gasteiger partial charge in [-0.3, -0.25) is 4.79 Å². The quantitative estimate of drug-likeness (QED) is 0.770. The molecule has 0 fully saturated rings. The van der Waals surface area contributed by atoms with Crippen LogP contribution >= 0.6 is 0 Å². The van der Waals surface area contributed by atoms with Gasteiger partial charge in [0.05, 0.1) is 22.2 Å². The van der Waals surface area contributed by atoms with Gasteiger partial charge < -0.3 is 10.1 Å². The second-order valence-corrected chi connectivity index (χ2v) is 5.27. The van der Waals surface area contributed by atoms with Crippen LogP contribution in [0, 0.1) is 5.82 Å². The molecule has 7 heteroatoms. The Balaban J connectivity index is 2.28. The Hall–Kier alpha value is -3.22. The maximum atomic E-state index is 13.8. The summed E-state index contributed by atoms with van der Waals surface area (Å²) in [4.78, 5) is 38.2. The number of nitrogens with zero attached hydrogens (tertiary/aromatic N) is 1. The lowest BCUT2D eigenvalue weighted by Gasteiger charge is -2.08. The topological polar surface area (TPSA) is 92.2 Å². The first-order valence-corrected chi connectivity index (χ1v) is 7.23. The number of rotatable bonds is 3. The zero-order valence-corrected chi connectivity index (χ0v) is 12.7. The molecule has 6 nitrogen and oxygen atoms in total. The first-order chi connectivity index (χ1) is 11.4. The van der Waals surface area contributed by atoms with Gasteiger partial charge in [0.15, 0.2) is 0 Å². The Morgan fingerprint density at radius 2 is 1.88 bits per heavy atom. The third-order valence-electron chi connectivity index (χ3n) is 3.82. The molecular formula is C17H13FN2O4. The molecular weight excluding hydrogens is 315 g/mol. The highest BCUT2D eigenvalue weighted by molar-refractivity contribution is 5.87. The van der Waals surface area contributed by atoms with E-state index in [1.165, 1.54) is 30.3 Å². The van der Waals surface area contributed by atoms with E-state index in [0.717, 1.165) is 10.6 Å². The van der Waals surface area contributed by atoms with Crippen LogP contribution in [0.25, 0.3) is 16.6 Å². The number of aryl methyl sites for hydroxylation is 1. The van der Waals surface area contributed by atoms with Crippen LogP contribution in [0.4, 0.5) is 4.39 Å². The maximum absolute atomic E-state index is 13.8. The van der Waals surface area contributed by atoms with E-state index in [-0.39, 0.29) is 22.2 Å². The fraction of sp³-hybridized carbons (Fsp3) is 0.118. The minimum atomic E-state index is -1.11. The fourth-order valence-corrected chi connectivity index (χ4v) is 2.54. The summed E-state index contributed by atoms with van der Waals surface area (Å²) in [6.07, 6.45) is 0.410. The summed E-state index contributed by atoms with van der Waals surface area (Å²) in [5.74, 6) is -1.59. The summed E-state index contributed by atoms with van der Waals surface area (Å²) in [6, 6.07) is 7.90. The highest BCUT2D eigenvalue weighted by atomic mass is 19.1. The second-order valence-electron chi connectivity index (χ2n) is 5.27. The van der Waals surface area contributed by atoms with Gasteiger partial charge in [0.2, 0.25) is 0 Å². The Morgan fingerprint density at radius 1 is 1.21 bits per heavy atom. The highest BCUT2D eigenvalue weighted by Gasteiger charge is 2.13. The third-order valence-corrected chi connectivity index (χ3v) is 3.82. The van der Waals surface area contributed by atoms with E-state index < -0.39 is 23.0 Å². The lowest BCUT2D eigenvalue weighted by Crippen LogP contribution is -2.33. The average molecular weight is 328 g/mol. The van der Waals surface area contributed by atoms with Crippen LogP contribution in [-0.2, 0) is 6.42 Å². The van der Waals surface area contributed by atoms with E-state index in [4.69, 9.17) is 5.11 Å². The molecule has 0 aliphatic heterocycles. The minimum absolute atomic E-state index is 0.0411. The van der Waals surface area contributed by atoms with Gasteiger partial charge in [-0.05, 0) is 48.4 Å². The molecule has 3 aromatic rings. The van der Waals surface area contributed by atoms with Crippen molar-refractivity contribution >= 4 is 16.9 Å². The van der Waals surface area contributed by atoms with Crippen molar-refractivity contribution in [3.63, 3.8) is 0 Å². The van der Waals surface area contributed by atoms with Crippen molar-refractivity contribution in [1.29, 1.82) is 0 Å². The number of carboxylic acid groups (broad SMARTS) is 1. The molecule has 1 heterocycles. The van der Waals surface area contributed by atoms with Crippen LogP contribution in [-0.4, -0.2) is 20.6 Å². The number of nitrogens with one attached hydrogen (secondary N) is 1. The predicted molar refractivity (Wildman–Crippen MR) is 86.5 cm³/mol. The van der Waals surface area contributed by atoms with Crippen LogP contribution in [0.15, 0.2) is 46.0 Å². The van der Waals surface area contributed by atoms with Crippen molar-refractivity contribution in [1.82, 2.24) is 9.55 Å². The van der Waals surface area contributed by atoms with Crippen LogP contribution in [0.3, 0.4) is 0 Å². The monoisotopic (exact) mass is 328 g/mol. The van der Waals surface area contributed by atoms with Gasteiger partial charge in [-0.25, -0.2) is 18.5 Å². The largest absolute Gasteiger partial charge is 0.478 e. The lowest BCUT2D eigenvalue weighted by molar-refractivity contribution is 0.0697. The molecule has 0 aliphatic carbocycles. The zero-order chi connectivity index (χ0) is 17.4. The number of benzene rings is 2. The van der Waals surface area contributed by atoms with E-state index in [9.17, 15) is 18.8 Å². The number of aromatic amines is 1. The van der Waals surface area contributed by atoms with Gasteiger partial charge in [0.25, 0.3) is 5.56 Å². The van der Waals surface area contributed by atoms with Crippen molar-refractivity contribution in [3.8, 4) is 5.69 Å². The summed E-state index contributed by atoms with van der Waals surface area (Å²) < 4.78 is 14.7. The first kappa shape index (κ1) is 15.7. The lowest BCUT2D eigenvalue weighted by atomic mass is 10.1. The highest BCUT2D eigenvalue weighted by Crippen LogP contribution is 2.15. The summed E-state index contributed by atoms with van der Waals surface area (Å²) in [7, 11) is 0. The number of aromatic nitrogens is 2. The average Bonchev–Trinajstić information content (AvgIpc) is 2.55. The number of fused-ring (bicyclic) bond motifs is 1. The van der Waals surface area contributed by atoms with Crippen molar-refractivity contribution in [2.75, 3.05) is 0 Å².